The van der Waals surface area contributed by atoms with Gasteiger partial charge in [0.1, 0.15) is 5.75 Å². The van der Waals surface area contributed by atoms with Gasteiger partial charge >= 0.3 is 6.18 Å². The zero-order valence-electron chi connectivity index (χ0n) is 19.0. The van der Waals surface area contributed by atoms with Crippen LogP contribution in [0.15, 0.2) is 59.5 Å². The fourth-order valence-corrected chi connectivity index (χ4v) is 4.40. The third-order valence-corrected chi connectivity index (χ3v) is 6.85. The summed E-state index contributed by atoms with van der Waals surface area (Å²) in [6, 6.07) is 11.9. The molecule has 0 saturated heterocycles. The van der Waals surface area contributed by atoms with Gasteiger partial charge in [0, 0.05) is 5.69 Å². The van der Waals surface area contributed by atoms with Gasteiger partial charge in [0.05, 0.1) is 21.2 Å². The van der Waals surface area contributed by atoms with E-state index in [1.165, 1.54) is 18.2 Å². The van der Waals surface area contributed by atoms with Gasteiger partial charge in [-0.25, -0.2) is 8.42 Å². The van der Waals surface area contributed by atoms with E-state index in [1.54, 1.807) is 19.1 Å². The molecular formula is C24H22ClF3N2O4S. The first-order valence-corrected chi connectivity index (χ1v) is 12.1. The number of benzene rings is 3. The molecule has 2 N–H and O–H groups in total. The first-order chi connectivity index (χ1) is 16.3. The number of halogens is 4. The summed E-state index contributed by atoms with van der Waals surface area (Å²) in [5, 5.41) is 2.22. The summed E-state index contributed by atoms with van der Waals surface area (Å²) in [5.41, 5.74) is 1.68. The topological polar surface area (TPSA) is 84.5 Å². The van der Waals surface area contributed by atoms with Crippen LogP contribution in [0.3, 0.4) is 0 Å². The van der Waals surface area contributed by atoms with Crippen molar-refractivity contribution >= 4 is 38.9 Å². The van der Waals surface area contributed by atoms with Crippen LogP contribution in [0.5, 0.6) is 5.75 Å². The number of ether oxygens (including phenoxy) is 1. The van der Waals surface area contributed by atoms with Crippen LogP contribution in [-0.4, -0.2) is 20.9 Å². The quantitative estimate of drug-likeness (QED) is 0.389. The molecule has 0 unspecified atom stereocenters. The number of hydrogen-bond acceptors (Lipinski definition) is 4. The molecule has 0 aromatic heterocycles. The van der Waals surface area contributed by atoms with E-state index in [4.69, 9.17) is 16.3 Å². The largest absolute Gasteiger partial charge is 0.483 e. The highest BCUT2D eigenvalue weighted by atomic mass is 35.5. The van der Waals surface area contributed by atoms with E-state index in [0.29, 0.717) is 11.3 Å². The third-order valence-electron chi connectivity index (χ3n) is 5.14. The molecule has 0 radical (unpaired) electrons. The molecular weight excluding hydrogens is 505 g/mol. The van der Waals surface area contributed by atoms with E-state index in [1.807, 2.05) is 19.9 Å². The second kappa shape index (κ2) is 10.2. The number of carbonyl (C=O) groups excluding carboxylic acids is 1. The molecule has 0 bridgehead atoms. The lowest BCUT2D eigenvalue weighted by Gasteiger charge is -2.14. The first-order valence-electron chi connectivity index (χ1n) is 10.3. The number of rotatable bonds is 7. The Hall–Kier alpha value is -3.24. The maximum atomic E-state index is 12.9. The number of alkyl halides is 3. The van der Waals surface area contributed by atoms with Crippen LogP contribution in [0.4, 0.5) is 24.5 Å². The molecule has 1 amide bonds. The highest BCUT2D eigenvalue weighted by Gasteiger charge is 2.31. The summed E-state index contributed by atoms with van der Waals surface area (Å²) in [6.07, 6.45) is -4.59. The number of sulfonamides is 1. The van der Waals surface area contributed by atoms with E-state index in [0.717, 1.165) is 29.3 Å². The van der Waals surface area contributed by atoms with Crippen molar-refractivity contribution in [3.8, 4) is 5.75 Å². The lowest BCUT2D eigenvalue weighted by Crippen LogP contribution is -2.21. The van der Waals surface area contributed by atoms with Crippen molar-refractivity contribution in [3.63, 3.8) is 0 Å². The Morgan fingerprint density at radius 2 is 1.66 bits per heavy atom. The third kappa shape index (κ3) is 6.67. The van der Waals surface area contributed by atoms with E-state index in [9.17, 15) is 26.4 Å². The molecule has 0 saturated carbocycles. The maximum Gasteiger partial charge on any atom is 0.416 e. The number of hydrogen-bond donors (Lipinski definition) is 2. The standard InChI is InChI=1S/C24H22ClF3N2O4S/c1-14-4-6-18(10-15(14)2)30-35(32,33)19-7-9-22(16(3)11-19)34-13-23(31)29-21-12-17(24(26,27)28)5-8-20(21)25/h4-12,30H,13H2,1-3H3,(H,29,31). The summed E-state index contributed by atoms with van der Waals surface area (Å²) >= 11 is 5.88. The average Bonchev–Trinajstić information content (AvgIpc) is 2.76. The second-order valence-electron chi connectivity index (χ2n) is 7.86. The van der Waals surface area contributed by atoms with Crippen LogP contribution < -0.4 is 14.8 Å². The minimum absolute atomic E-state index is 0.000719. The number of anilines is 2. The average molecular weight is 527 g/mol. The van der Waals surface area contributed by atoms with E-state index < -0.39 is 34.3 Å². The van der Waals surface area contributed by atoms with Crippen molar-refractivity contribution in [1.29, 1.82) is 0 Å². The smallest absolute Gasteiger partial charge is 0.416 e. The lowest BCUT2D eigenvalue weighted by molar-refractivity contribution is -0.137. The fourth-order valence-electron chi connectivity index (χ4n) is 3.10. The highest BCUT2D eigenvalue weighted by molar-refractivity contribution is 7.92. The summed E-state index contributed by atoms with van der Waals surface area (Å²) < 4.78 is 72.1. The minimum atomic E-state index is -4.59. The molecule has 0 aliphatic heterocycles. The van der Waals surface area contributed by atoms with Crippen LogP contribution in [0.2, 0.25) is 5.02 Å². The molecule has 3 rings (SSSR count). The van der Waals surface area contributed by atoms with Crippen LogP contribution in [0.25, 0.3) is 0 Å². The fraction of sp³-hybridized carbons (Fsp3) is 0.208. The number of carbonyl (C=O) groups is 1. The van der Waals surface area contributed by atoms with Gasteiger partial charge in [-0.05, 0) is 86.0 Å². The molecule has 3 aromatic rings. The van der Waals surface area contributed by atoms with Gasteiger partial charge in [0.25, 0.3) is 15.9 Å². The monoisotopic (exact) mass is 526 g/mol. The van der Waals surface area contributed by atoms with Crippen molar-refractivity contribution in [2.45, 2.75) is 31.8 Å². The van der Waals surface area contributed by atoms with Crippen molar-refractivity contribution in [2.24, 2.45) is 0 Å². The molecule has 0 aliphatic rings. The molecule has 11 heteroatoms. The van der Waals surface area contributed by atoms with Crippen LogP contribution >= 0.6 is 11.6 Å². The van der Waals surface area contributed by atoms with Gasteiger partial charge in [0.15, 0.2) is 6.61 Å². The SMILES string of the molecule is Cc1ccc(NS(=O)(=O)c2ccc(OCC(=O)Nc3cc(C(F)(F)F)ccc3Cl)c(C)c2)cc1C. The molecule has 6 nitrogen and oxygen atoms in total. The Balaban J connectivity index is 1.67. The summed E-state index contributed by atoms with van der Waals surface area (Å²) in [7, 11) is -3.87. The van der Waals surface area contributed by atoms with Crippen LogP contribution in [-0.2, 0) is 21.0 Å². The molecule has 0 fully saturated rings. The lowest BCUT2D eigenvalue weighted by atomic mass is 10.1. The molecule has 0 aliphatic carbocycles. The predicted octanol–water partition coefficient (Wildman–Crippen LogP) is 6.10. The van der Waals surface area contributed by atoms with Crippen molar-refractivity contribution in [1.82, 2.24) is 0 Å². The van der Waals surface area contributed by atoms with Gasteiger partial charge < -0.3 is 10.1 Å². The maximum absolute atomic E-state index is 12.9. The van der Waals surface area contributed by atoms with E-state index >= 15 is 0 Å². The van der Waals surface area contributed by atoms with E-state index in [2.05, 4.69) is 10.0 Å². The Morgan fingerprint density at radius 1 is 0.943 bits per heavy atom. The molecule has 0 atom stereocenters. The molecule has 3 aromatic carbocycles. The zero-order valence-corrected chi connectivity index (χ0v) is 20.5. The molecule has 0 spiro atoms. The van der Waals surface area contributed by atoms with Crippen molar-refractivity contribution < 1.29 is 31.1 Å². The Kier molecular flexibility index (Phi) is 7.66. The van der Waals surface area contributed by atoms with Crippen molar-refractivity contribution in [2.75, 3.05) is 16.6 Å². The van der Waals surface area contributed by atoms with Gasteiger partial charge in [-0.2, -0.15) is 13.2 Å². The highest BCUT2D eigenvalue weighted by Crippen LogP contribution is 2.34. The minimum Gasteiger partial charge on any atom is -0.483 e. The van der Waals surface area contributed by atoms with Gasteiger partial charge in [-0.15, -0.1) is 0 Å². The summed E-state index contributed by atoms with van der Waals surface area (Å²) in [6.45, 7) is 4.87. The van der Waals surface area contributed by atoms with Crippen molar-refractivity contribution in [3.05, 3.63) is 81.9 Å². The zero-order chi connectivity index (χ0) is 26.0. The van der Waals surface area contributed by atoms with Gasteiger partial charge in [-0.3, -0.25) is 9.52 Å². The number of nitrogens with one attached hydrogen (secondary N) is 2. The summed E-state index contributed by atoms with van der Waals surface area (Å²) in [4.78, 5) is 12.2. The van der Waals surface area contributed by atoms with E-state index in [-0.39, 0.29) is 21.4 Å². The van der Waals surface area contributed by atoms with Gasteiger partial charge in [0.2, 0.25) is 0 Å². The predicted molar refractivity (Wildman–Crippen MR) is 128 cm³/mol. The Morgan fingerprint density at radius 3 is 2.29 bits per heavy atom. The van der Waals surface area contributed by atoms with Gasteiger partial charge in [-0.1, -0.05) is 17.7 Å². The molecule has 35 heavy (non-hydrogen) atoms. The molecule has 0 heterocycles. The number of aryl methyl sites for hydroxylation is 3. The molecule has 186 valence electrons. The first kappa shape index (κ1) is 26.4. The van der Waals surface area contributed by atoms with Crippen LogP contribution in [0, 0.1) is 20.8 Å². The number of amides is 1. The second-order valence-corrected chi connectivity index (χ2v) is 9.95. The Labute approximate surface area is 206 Å². The summed E-state index contributed by atoms with van der Waals surface area (Å²) in [5.74, 6) is -0.501. The Bertz CT molecular complexity index is 1380. The normalized spacial score (nSPS) is 11.7. The van der Waals surface area contributed by atoms with Crippen LogP contribution in [0.1, 0.15) is 22.3 Å².